The van der Waals surface area contributed by atoms with E-state index < -0.39 is 12.1 Å². The van der Waals surface area contributed by atoms with Crippen LogP contribution in [0.5, 0.6) is 11.5 Å². The lowest BCUT2D eigenvalue weighted by Gasteiger charge is -2.21. The Kier molecular flexibility index (Phi) is 3.53. The Labute approximate surface area is 155 Å². The summed E-state index contributed by atoms with van der Waals surface area (Å²) in [4.78, 5) is 26.3. The van der Waals surface area contributed by atoms with Crippen LogP contribution in [-0.2, 0) is 16.1 Å². The molecule has 0 aromatic heterocycles. The smallest absolute Gasteiger partial charge is 0.408 e. The lowest BCUT2D eigenvalue weighted by molar-refractivity contribution is -0.113. The van der Waals surface area contributed by atoms with E-state index >= 15 is 0 Å². The van der Waals surface area contributed by atoms with Gasteiger partial charge < -0.3 is 19.5 Å². The minimum atomic E-state index is -0.540. The normalized spacial score (nSPS) is 21.2. The van der Waals surface area contributed by atoms with Gasteiger partial charge in [0.1, 0.15) is 6.61 Å². The van der Waals surface area contributed by atoms with Crippen molar-refractivity contribution in [2.75, 3.05) is 11.7 Å². The molecule has 3 aliphatic heterocycles. The van der Waals surface area contributed by atoms with E-state index in [1.165, 1.54) is 6.08 Å². The van der Waals surface area contributed by atoms with Crippen molar-refractivity contribution in [1.82, 2.24) is 5.32 Å². The molecule has 136 valence electrons. The molecule has 0 unspecified atom stereocenters. The fourth-order valence-electron chi connectivity index (χ4n) is 3.68. The van der Waals surface area contributed by atoms with Crippen LogP contribution in [0.1, 0.15) is 17.2 Å². The van der Waals surface area contributed by atoms with Gasteiger partial charge in [0.15, 0.2) is 11.5 Å². The number of nitrogens with one attached hydrogen (secondary N) is 1. The highest BCUT2D eigenvalue weighted by atomic mass is 16.7. The Morgan fingerprint density at radius 2 is 1.96 bits per heavy atom. The highest BCUT2D eigenvalue weighted by Crippen LogP contribution is 2.48. The maximum Gasteiger partial charge on any atom is 0.408 e. The molecule has 0 saturated heterocycles. The van der Waals surface area contributed by atoms with Crippen LogP contribution in [-0.4, -0.2) is 24.8 Å². The van der Waals surface area contributed by atoms with E-state index in [-0.39, 0.29) is 25.3 Å². The number of rotatable bonds is 3. The van der Waals surface area contributed by atoms with Gasteiger partial charge in [0.2, 0.25) is 6.79 Å². The van der Waals surface area contributed by atoms with E-state index in [1.54, 1.807) is 17.0 Å². The fraction of sp³-hybridized carbons (Fsp3) is 0.200. The minimum absolute atomic E-state index is 0.123. The molecule has 1 N–H and O–H groups in total. The summed E-state index contributed by atoms with van der Waals surface area (Å²) in [6.45, 7) is 0.321. The van der Waals surface area contributed by atoms with Crippen LogP contribution in [0.2, 0.25) is 0 Å². The molecule has 5 rings (SSSR count). The number of ether oxygens (including phenoxy) is 3. The van der Waals surface area contributed by atoms with Gasteiger partial charge in [-0.1, -0.05) is 36.4 Å². The van der Waals surface area contributed by atoms with Crippen LogP contribution in [0.4, 0.5) is 10.5 Å². The maximum atomic E-state index is 12.4. The second kappa shape index (κ2) is 6.05. The third kappa shape index (κ3) is 2.59. The standard InChI is InChI=1S/C20H16N2O5/c23-18-7-6-14-19(21-20(24)25-10-12-4-2-1-3-5-12)13-8-16-17(27-11-26-16)9-15(13)22(14)18/h1-9,14,19H,10-11H2,(H,21,24)/t14-,19+/m1/s1. The van der Waals surface area contributed by atoms with E-state index in [2.05, 4.69) is 5.32 Å². The molecular weight excluding hydrogens is 348 g/mol. The number of fused-ring (bicyclic) bond motifs is 4. The van der Waals surface area contributed by atoms with Gasteiger partial charge in [0.05, 0.1) is 17.8 Å². The number of anilines is 1. The quantitative estimate of drug-likeness (QED) is 0.906. The SMILES string of the molecule is O=C(N[C@H]1c2cc3c(cc2N2C(=O)C=C[C@H]12)OCO3)OCc1ccccc1. The summed E-state index contributed by atoms with van der Waals surface area (Å²) >= 11 is 0. The third-order valence-electron chi connectivity index (χ3n) is 4.92. The monoisotopic (exact) mass is 364 g/mol. The van der Waals surface area contributed by atoms with Gasteiger partial charge in [0.25, 0.3) is 5.91 Å². The van der Waals surface area contributed by atoms with Gasteiger partial charge in [0, 0.05) is 17.7 Å². The lowest BCUT2D eigenvalue weighted by atomic mass is 10.0. The zero-order valence-electron chi connectivity index (χ0n) is 14.3. The summed E-state index contributed by atoms with van der Waals surface area (Å²) in [5.74, 6) is 1.08. The van der Waals surface area contributed by atoms with Crippen molar-refractivity contribution in [3.63, 3.8) is 0 Å². The van der Waals surface area contributed by atoms with Crippen molar-refractivity contribution in [2.45, 2.75) is 18.7 Å². The third-order valence-corrected chi connectivity index (χ3v) is 4.92. The zero-order chi connectivity index (χ0) is 18.4. The molecule has 3 aliphatic rings. The first kappa shape index (κ1) is 15.7. The second-order valence-corrected chi connectivity index (χ2v) is 6.51. The van der Waals surface area contributed by atoms with Gasteiger partial charge in [-0.05, 0) is 11.6 Å². The van der Waals surface area contributed by atoms with E-state index in [9.17, 15) is 9.59 Å². The van der Waals surface area contributed by atoms with Gasteiger partial charge in [-0.15, -0.1) is 0 Å². The summed E-state index contributed by atoms with van der Waals surface area (Å²) in [5.41, 5.74) is 2.42. The number of hydrogen-bond donors (Lipinski definition) is 1. The number of benzene rings is 2. The van der Waals surface area contributed by atoms with E-state index in [4.69, 9.17) is 14.2 Å². The molecular formula is C20H16N2O5. The molecule has 3 heterocycles. The van der Waals surface area contributed by atoms with E-state index in [0.717, 1.165) is 11.1 Å². The van der Waals surface area contributed by atoms with E-state index in [0.29, 0.717) is 17.2 Å². The number of alkyl carbamates (subject to hydrolysis) is 1. The molecule has 7 nitrogen and oxygen atoms in total. The Balaban J connectivity index is 1.38. The highest BCUT2D eigenvalue weighted by molar-refractivity contribution is 6.07. The van der Waals surface area contributed by atoms with Crippen molar-refractivity contribution in [3.05, 3.63) is 65.7 Å². The van der Waals surface area contributed by atoms with Gasteiger partial charge in [-0.3, -0.25) is 9.69 Å². The van der Waals surface area contributed by atoms with Crippen molar-refractivity contribution in [1.29, 1.82) is 0 Å². The summed E-state index contributed by atoms with van der Waals surface area (Å²) in [6, 6.07) is 12.4. The Hall–Kier alpha value is -3.48. The first-order chi connectivity index (χ1) is 13.2. The van der Waals surface area contributed by atoms with E-state index in [1.807, 2.05) is 36.4 Å². The number of carbonyl (C=O) groups excluding carboxylic acids is 2. The Morgan fingerprint density at radius 3 is 2.78 bits per heavy atom. The molecule has 27 heavy (non-hydrogen) atoms. The van der Waals surface area contributed by atoms with Crippen LogP contribution in [0.15, 0.2) is 54.6 Å². The average Bonchev–Trinajstić information content (AvgIpc) is 3.36. The molecule has 0 saturated carbocycles. The molecule has 2 aromatic carbocycles. The van der Waals surface area contributed by atoms with Gasteiger partial charge in [-0.25, -0.2) is 4.79 Å². The van der Waals surface area contributed by atoms with Crippen molar-refractivity contribution >= 4 is 17.7 Å². The number of amides is 2. The molecule has 0 fully saturated rings. The summed E-state index contributed by atoms with van der Waals surface area (Å²) < 4.78 is 16.2. The van der Waals surface area contributed by atoms with Crippen LogP contribution < -0.4 is 19.7 Å². The van der Waals surface area contributed by atoms with Gasteiger partial charge in [-0.2, -0.15) is 0 Å². The second-order valence-electron chi connectivity index (χ2n) is 6.51. The molecule has 0 spiro atoms. The number of carbonyl (C=O) groups is 2. The van der Waals surface area contributed by atoms with Crippen molar-refractivity contribution in [3.8, 4) is 11.5 Å². The summed E-state index contributed by atoms with van der Waals surface area (Å²) in [7, 11) is 0. The topological polar surface area (TPSA) is 77.1 Å². The van der Waals surface area contributed by atoms with Crippen LogP contribution in [0.25, 0.3) is 0 Å². The molecule has 2 atom stereocenters. The number of nitrogens with zero attached hydrogens (tertiary/aromatic N) is 1. The zero-order valence-corrected chi connectivity index (χ0v) is 14.3. The van der Waals surface area contributed by atoms with Crippen LogP contribution >= 0.6 is 0 Å². The average molecular weight is 364 g/mol. The first-order valence-electron chi connectivity index (χ1n) is 8.63. The predicted molar refractivity (Wildman–Crippen MR) is 95.5 cm³/mol. The number of hydrogen-bond acceptors (Lipinski definition) is 5. The lowest BCUT2D eigenvalue weighted by Crippen LogP contribution is -2.39. The van der Waals surface area contributed by atoms with Crippen molar-refractivity contribution in [2.24, 2.45) is 0 Å². The van der Waals surface area contributed by atoms with Gasteiger partial charge >= 0.3 is 6.09 Å². The van der Waals surface area contributed by atoms with Crippen LogP contribution in [0, 0.1) is 0 Å². The summed E-state index contributed by atoms with van der Waals surface area (Å²) in [5, 5.41) is 2.89. The molecule has 0 aliphatic carbocycles. The molecule has 2 amide bonds. The minimum Gasteiger partial charge on any atom is -0.454 e. The maximum absolute atomic E-state index is 12.4. The molecule has 2 aromatic rings. The first-order valence-corrected chi connectivity index (χ1v) is 8.63. The fourth-order valence-corrected chi connectivity index (χ4v) is 3.68. The molecule has 0 bridgehead atoms. The predicted octanol–water partition coefficient (Wildman–Crippen LogP) is 2.67. The highest BCUT2D eigenvalue weighted by Gasteiger charge is 2.45. The van der Waals surface area contributed by atoms with Crippen LogP contribution in [0.3, 0.4) is 0 Å². The summed E-state index contributed by atoms with van der Waals surface area (Å²) in [6.07, 6.45) is 2.77. The molecule has 0 radical (unpaired) electrons. The Morgan fingerprint density at radius 1 is 1.19 bits per heavy atom. The largest absolute Gasteiger partial charge is 0.454 e. The Bertz CT molecular complexity index is 956. The molecule has 7 heteroatoms. The van der Waals surface area contributed by atoms with Crippen molar-refractivity contribution < 1.29 is 23.8 Å².